The van der Waals surface area contributed by atoms with Crippen LogP contribution in [0.15, 0.2) is 12.1 Å². The summed E-state index contributed by atoms with van der Waals surface area (Å²) in [6, 6.07) is 2.68. The van der Waals surface area contributed by atoms with Gasteiger partial charge >= 0.3 is 17.8 Å². The van der Waals surface area contributed by atoms with E-state index >= 15 is 0 Å². The Labute approximate surface area is 206 Å². The van der Waals surface area contributed by atoms with Crippen molar-refractivity contribution in [1.82, 2.24) is 10.2 Å². The third kappa shape index (κ3) is 7.32. The molecule has 0 heterocycles. The van der Waals surface area contributed by atoms with E-state index in [9.17, 15) is 14.4 Å². The van der Waals surface area contributed by atoms with Crippen molar-refractivity contribution >= 4 is 26.1 Å². The Bertz CT molecular complexity index is 872. The molecular weight excluding hydrogens is 448 g/mol. The zero-order valence-electron chi connectivity index (χ0n) is 23.1. The van der Waals surface area contributed by atoms with Crippen LogP contribution >= 0.6 is 0 Å². The van der Waals surface area contributed by atoms with Crippen LogP contribution in [0.25, 0.3) is 0 Å². The van der Waals surface area contributed by atoms with E-state index in [4.69, 9.17) is 9.16 Å². The number of rotatable bonds is 8. The first-order chi connectivity index (χ1) is 15.4. The van der Waals surface area contributed by atoms with E-state index in [1.54, 1.807) is 0 Å². The van der Waals surface area contributed by atoms with Gasteiger partial charge in [-0.05, 0) is 88.5 Å². The standard InChI is InChI=1S/C26H44N2O5Si/c1-16(2)28(17(3)4)24(30)23(29)27-22(25(31)32-10)15-21-18(5)13-20(14-19(21)6)33-34(11,12)26(7,8)9/h13-14,16-17,22H,15H2,1-12H3,(H,27,29)/t22-/m0/s1. The highest BCUT2D eigenvalue weighted by Crippen LogP contribution is 2.38. The molecular formula is C26H44N2O5Si. The molecule has 8 heteroatoms. The lowest BCUT2D eigenvalue weighted by Gasteiger charge is -2.36. The van der Waals surface area contributed by atoms with Gasteiger partial charge in [0.1, 0.15) is 11.8 Å². The zero-order valence-corrected chi connectivity index (χ0v) is 24.1. The number of benzene rings is 1. The van der Waals surface area contributed by atoms with Crippen LogP contribution in [0.1, 0.15) is 65.2 Å². The fourth-order valence-electron chi connectivity index (χ4n) is 3.72. The van der Waals surface area contributed by atoms with Crippen molar-refractivity contribution in [1.29, 1.82) is 0 Å². The monoisotopic (exact) mass is 492 g/mol. The molecule has 0 saturated carbocycles. The second-order valence-corrected chi connectivity index (χ2v) is 15.8. The zero-order chi connectivity index (χ0) is 26.6. The number of aryl methyl sites for hydroxylation is 2. The van der Waals surface area contributed by atoms with Crippen LogP contribution in [0.3, 0.4) is 0 Å². The number of hydrogen-bond acceptors (Lipinski definition) is 5. The Balaban J connectivity index is 3.19. The van der Waals surface area contributed by atoms with Gasteiger partial charge in [-0.3, -0.25) is 9.59 Å². The third-order valence-electron chi connectivity index (χ3n) is 6.59. The van der Waals surface area contributed by atoms with E-state index in [0.29, 0.717) is 0 Å². The maximum atomic E-state index is 12.8. The second kappa shape index (κ2) is 11.4. The van der Waals surface area contributed by atoms with Gasteiger partial charge in [0.15, 0.2) is 0 Å². The molecule has 0 aromatic heterocycles. The molecule has 1 atom stereocenters. The van der Waals surface area contributed by atoms with Crippen LogP contribution in [0.2, 0.25) is 18.1 Å². The average molecular weight is 493 g/mol. The second-order valence-electron chi connectivity index (χ2n) is 11.1. The van der Waals surface area contributed by atoms with Gasteiger partial charge in [0.25, 0.3) is 0 Å². The number of carbonyl (C=O) groups is 3. The largest absolute Gasteiger partial charge is 0.543 e. The Hall–Kier alpha value is -2.35. The van der Waals surface area contributed by atoms with Crippen LogP contribution in [0.5, 0.6) is 5.75 Å². The maximum Gasteiger partial charge on any atom is 0.328 e. The van der Waals surface area contributed by atoms with Crippen LogP contribution in [0.4, 0.5) is 0 Å². The maximum absolute atomic E-state index is 12.8. The van der Waals surface area contributed by atoms with E-state index in [1.807, 2.05) is 53.7 Å². The molecule has 0 unspecified atom stereocenters. The smallest absolute Gasteiger partial charge is 0.328 e. The van der Waals surface area contributed by atoms with Crippen LogP contribution < -0.4 is 9.74 Å². The van der Waals surface area contributed by atoms with Gasteiger partial charge in [-0.15, -0.1) is 0 Å². The quantitative estimate of drug-likeness (QED) is 0.327. The van der Waals surface area contributed by atoms with E-state index < -0.39 is 32.1 Å². The van der Waals surface area contributed by atoms with Crippen molar-refractivity contribution in [3.63, 3.8) is 0 Å². The molecule has 0 aliphatic carbocycles. The van der Waals surface area contributed by atoms with E-state index in [0.717, 1.165) is 22.4 Å². The first-order valence-electron chi connectivity index (χ1n) is 11.9. The summed E-state index contributed by atoms with van der Waals surface area (Å²) in [5, 5.41) is 2.67. The topological polar surface area (TPSA) is 84.9 Å². The SMILES string of the molecule is COC(=O)[C@H](Cc1c(C)cc(O[Si](C)(C)C(C)(C)C)cc1C)NC(=O)C(=O)N(C(C)C)C(C)C. The van der Waals surface area contributed by atoms with Crippen LogP contribution in [0, 0.1) is 13.8 Å². The number of hydrogen-bond donors (Lipinski definition) is 1. The molecule has 192 valence electrons. The third-order valence-corrected chi connectivity index (χ3v) is 10.9. The van der Waals surface area contributed by atoms with Gasteiger partial charge in [0, 0.05) is 18.5 Å². The average Bonchev–Trinajstić information content (AvgIpc) is 2.67. The molecule has 1 rings (SSSR count). The molecule has 0 fully saturated rings. The van der Waals surface area contributed by atoms with Gasteiger partial charge in [-0.2, -0.15) is 0 Å². The number of amides is 2. The van der Waals surface area contributed by atoms with Crippen LogP contribution in [-0.4, -0.2) is 56.2 Å². The molecule has 0 saturated heterocycles. The summed E-state index contributed by atoms with van der Waals surface area (Å²) >= 11 is 0. The summed E-state index contributed by atoms with van der Waals surface area (Å²) < 4.78 is 11.4. The Kier molecular flexibility index (Phi) is 9.94. The summed E-state index contributed by atoms with van der Waals surface area (Å²) in [6.07, 6.45) is 0.215. The van der Waals surface area contributed by atoms with Gasteiger partial charge in [-0.1, -0.05) is 20.8 Å². The molecule has 34 heavy (non-hydrogen) atoms. The lowest BCUT2D eigenvalue weighted by molar-refractivity contribution is -0.151. The lowest BCUT2D eigenvalue weighted by atomic mass is 9.96. The van der Waals surface area contributed by atoms with Gasteiger partial charge in [0.2, 0.25) is 8.32 Å². The highest BCUT2D eigenvalue weighted by atomic mass is 28.4. The van der Waals surface area contributed by atoms with Crippen molar-refractivity contribution in [3.8, 4) is 5.75 Å². The first kappa shape index (κ1) is 29.7. The number of carbonyl (C=O) groups excluding carboxylic acids is 3. The molecule has 7 nitrogen and oxygen atoms in total. The summed E-state index contributed by atoms with van der Waals surface area (Å²) in [7, 11) is -0.730. The number of ether oxygens (including phenoxy) is 1. The molecule has 0 spiro atoms. The van der Waals surface area contributed by atoms with Crippen molar-refractivity contribution in [2.75, 3.05) is 7.11 Å². The van der Waals surface area contributed by atoms with Crippen molar-refractivity contribution < 1.29 is 23.5 Å². The summed E-state index contributed by atoms with van der Waals surface area (Å²) in [4.78, 5) is 39.5. The Morgan fingerprint density at radius 1 is 1.00 bits per heavy atom. The summed E-state index contributed by atoms with van der Waals surface area (Å²) in [6.45, 7) is 22.3. The van der Waals surface area contributed by atoms with Crippen LogP contribution in [-0.2, 0) is 25.5 Å². The van der Waals surface area contributed by atoms with Crippen molar-refractivity contribution in [3.05, 3.63) is 28.8 Å². The molecule has 0 aliphatic rings. The Morgan fingerprint density at radius 2 is 1.47 bits per heavy atom. The van der Waals surface area contributed by atoms with E-state index in [2.05, 4.69) is 39.2 Å². The van der Waals surface area contributed by atoms with E-state index in [1.165, 1.54) is 12.0 Å². The predicted octanol–water partition coefficient (Wildman–Crippen LogP) is 4.53. The first-order valence-corrected chi connectivity index (χ1v) is 14.8. The van der Waals surface area contributed by atoms with Gasteiger partial charge in [0.05, 0.1) is 7.11 Å². The molecule has 1 aromatic carbocycles. The number of esters is 1. The molecule has 2 amide bonds. The number of methoxy groups -OCH3 is 1. The van der Waals surface area contributed by atoms with Crippen molar-refractivity contribution in [2.24, 2.45) is 0 Å². The molecule has 0 radical (unpaired) electrons. The van der Waals surface area contributed by atoms with Crippen molar-refractivity contribution in [2.45, 2.75) is 105 Å². The fraction of sp³-hybridized carbons (Fsp3) is 0.654. The normalized spacial score (nSPS) is 13.0. The number of nitrogens with one attached hydrogen (secondary N) is 1. The lowest BCUT2D eigenvalue weighted by Crippen LogP contribution is -2.53. The van der Waals surface area contributed by atoms with Gasteiger partial charge in [-0.25, -0.2) is 4.79 Å². The minimum absolute atomic E-state index is 0.0696. The molecule has 0 aliphatic heterocycles. The number of nitrogens with zero attached hydrogens (tertiary/aromatic N) is 1. The fourth-order valence-corrected chi connectivity index (χ4v) is 4.74. The summed E-state index contributed by atoms with van der Waals surface area (Å²) in [5.41, 5.74) is 2.82. The predicted molar refractivity (Wildman–Crippen MR) is 139 cm³/mol. The minimum Gasteiger partial charge on any atom is -0.543 e. The molecule has 0 bridgehead atoms. The highest BCUT2D eigenvalue weighted by Gasteiger charge is 2.39. The molecule has 1 N–H and O–H groups in total. The van der Waals surface area contributed by atoms with E-state index in [-0.39, 0.29) is 23.5 Å². The minimum atomic E-state index is -2.00. The Morgan fingerprint density at radius 3 is 1.85 bits per heavy atom. The van der Waals surface area contributed by atoms with Gasteiger partial charge < -0.3 is 19.4 Å². The highest BCUT2D eigenvalue weighted by molar-refractivity contribution is 6.74. The summed E-state index contributed by atoms with van der Waals surface area (Å²) in [5.74, 6) is -1.26. The molecule has 1 aromatic rings.